The van der Waals surface area contributed by atoms with Gasteiger partial charge in [0.05, 0.1) is 5.69 Å². The van der Waals surface area contributed by atoms with Gasteiger partial charge in [-0.05, 0) is 18.4 Å². The van der Waals surface area contributed by atoms with Crippen molar-refractivity contribution in [2.24, 2.45) is 0 Å². The highest BCUT2D eigenvalue weighted by molar-refractivity contribution is 7.13. The number of aromatic nitrogens is 1. The second-order valence-electron chi connectivity index (χ2n) is 4.65. The van der Waals surface area contributed by atoms with E-state index in [-0.39, 0.29) is 6.03 Å². The Bertz CT molecular complexity index is 563. The molecule has 1 aromatic carbocycles. The molecule has 1 aliphatic carbocycles. The highest BCUT2D eigenvalue weighted by atomic mass is 32.1. The third kappa shape index (κ3) is 3.32. The fourth-order valence-electron chi connectivity index (χ4n) is 1.83. The quantitative estimate of drug-likeness (QED) is 0.897. The van der Waals surface area contributed by atoms with Crippen LogP contribution in [0, 0.1) is 0 Å². The lowest BCUT2D eigenvalue weighted by molar-refractivity contribution is 0.251. The number of rotatable bonds is 4. The molecule has 98 valence electrons. The Morgan fingerprint density at radius 3 is 2.84 bits per heavy atom. The van der Waals surface area contributed by atoms with Crippen LogP contribution in [0.15, 0.2) is 35.7 Å². The van der Waals surface area contributed by atoms with E-state index >= 15 is 0 Å². The summed E-state index contributed by atoms with van der Waals surface area (Å²) in [5, 5.41) is 8.30. The van der Waals surface area contributed by atoms with Crippen molar-refractivity contribution in [3.8, 4) is 0 Å². The molecule has 19 heavy (non-hydrogen) atoms. The summed E-state index contributed by atoms with van der Waals surface area (Å²) in [4.78, 5) is 16.1. The first-order valence-corrected chi connectivity index (χ1v) is 7.23. The van der Waals surface area contributed by atoms with Crippen molar-refractivity contribution in [2.75, 3.05) is 5.32 Å². The topological polar surface area (TPSA) is 54.0 Å². The molecule has 4 nitrogen and oxygen atoms in total. The number of urea groups is 1. The highest BCUT2D eigenvalue weighted by Crippen LogP contribution is 2.40. The molecule has 0 saturated heterocycles. The lowest BCUT2D eigenvalue weighted by Crippen LogP contribution is -2.28. The Hall–Kier alpha value is -1.88. The Kier molecular flexibility index (Phi) is 3.46. The number of carbonyl (C=O) groups excluding carboxylic acids is 1. The SMILES string of the molecule is O=C(NCc1ccccc1)Nc1nc(C2CC2)cs1. The summed E-state index contributed by atoms with van der Waals surface area (Å²) in [7, 11) is 0. The number of hydrogen-bond acceptors (Lipinski definition) is 3. The predicted molar refractivity (Wildman–Crippen MR) is 76.4 cm³/mol. The normalized spacial score (nSPS) is 14.1. The maximum Gasteiger partial charge on any atom is 0.321 e. The van der Waals surface area contributed by atoms with Gasteiger partial charge in [-0.15, -0.1) is 11.3 Å². The zero-order chi connectivity index (χ0) is 13.1. The summed E-state index contributed by atoms with van der Waals surface area (Å²) in [6, 6.07) is 9.62. The minimum Gasteiger partial charge on any atom is -0.334 e. The molecule has 3 rings (SSSR count). The Morgan fingerprint density at radius 1 is 1.32 bits per heavy atom. The van der Waals surface area contributed by atoms with Crippen molar-refractivity contribution in [1.82, 2.24) is 10.3 Å². The standard InChI is InChI=1S/C14H15N3OS/c18-13(15-8-10-4-2-1-3-5-10)17-14-16-12(9-19-14)11-6-7-11/h1-5,9,11H,6-8H2,(H2,15,16,17,18). The van der Waals surface area contributed by atoms with Crippen LogP contribution in [0.25, 0.3) is 0 Å². The average Bonchev–Trinajstić information content (AvgIpc) is 3.19. The molecule has 0 atom stereocenters. The number of carbonyl (C=O) groups is 1. The van der Waals surface area contributed by atoms with E-state index in [1.165, 1.54) is 24.2 Å². The molecule has 1 heterocycles. The lowest BCUT2D eigenvalue weighted by Gasteiger charge is -2.05. The molecule has 1 aliphatic rings. The largest absolute Gasteiger partial charge is 0.334 e. The van der Waals surface area contributed by atoms with Crippen molar-refractivity contribution in [1.29, 1.82) is 0 Å². The molecule has 2 aromatic rings. The van der Waals surface area contributed by atoms with Gasteiger partial charge in [0.25, 0.3) is 0 Å². The third-order valence-corrected chi connectivity index (χ3v) is 3.81. The van der Waals surface area contributed by atoms with E-state index in [0.717, 1.165) is 11.3 Å². The summed E-state index contributed by atoms with van der Waals surface area (Å²) in [6.07, 6.45) is 2.45. The molecule has 0 unspecified atom stereocenters. The monoisotopic (exact) mass is 273 g/mol. The molecule has 0 aliphatic heterocycles. The summed E-state index contributed by atoms with van der Waals surface area (Å²) >= 11 is 1.48. The number of anilines is 1. The zero-order valence-electron chi connectivity index (χ0n) is 10.4. The predicted octanol–water partition coefficient (Wildman–Crippen LogP) is 3.34. The fraction of sp³-hybridized carbons (Fsp3) is 0.286. The number of hydrogen-bond donors (Lipinski definition) is 2. The van der Waals surface area contributed by atoms with Crippen LogP contribution in [-0.4, -0.2) is 11.0 Å². The van der Waals surface area contributed by atoms with Gasteiger partial charge >= 0.3 is 6.03 Å². The molecule has 2 N–H and O–H groups in total. The van der Waals surface area contributed by atoms with E-state index in [4.69, 9.17) is 0 Å². The van der Waals surface area contributed by atoms with Crippen LogP contribution in [0.3, 0.4) is 0 Å². The zero-order valence-corrected chi connectivity index (χ0v) is 11.2. The summed E-state index contributed by atoms with van der Waals surface area (Å²) in [5.41, 5.74) is 2.19. The Morgan fingerprint density at radius 2 is 2.11 bits per heavy atom. The van der Waals surface area contributed by atoms with Gasteiger partial charge < -0.3 is 5.32 Å². The van der Waals surface area contributed by atoms with Crippen LogP contribution in [0.1, 0.15) is 30.0 Å². The van der Waals surface area contributed by atoms with Crippen LogP contribution < -0.4 is 10.6 Å². The second-order valence-corrected chi connectivity index (χ2v) is 5.50. The van der Waals surface area contributed by atoms with Crippen molar-refractivity contribution in [3.05, 3.63) is 47.0 Å². The van der Waals surface area contributed by atoms with E-state index in [1.807, 2.05) is 35.7 Å². The van der Waals surface area contributed by atoms with Gasteiger partial charge in [-0.1, -0.05) is 30.3 Å². The van der Waals surface area contributed by atoms with Gasteiger partial charge in [0.1, 0.15) is 0 Å². The first-order valence-electron chi connectivity index (χ1n) is 6.35. The van der Waals surface area contributed by atoms with Crippen LogP contribution in [0.5, 0.6) is 0 Å². The third-order valence-electron chi connectivity index (χ3n) is 3.03. The molecular weight excluding hydrogens is 258 g/mol. The van der Waals surface area contributed by atoms with Crippen LogP contribution >= 0.6 is 11.3 Å². The minimum atomic E-state index is -0.208. The van der Waals surface area contributed by atoms with Gasteiger partial charge in [-0.3, -0.25) is 5.32 Å². The minimum absolute atomic E-state index is 0.208. The molecule has 1 fully saturated rings. The lowest BCUT2D eigenvalue weighted by atomic mass is 10.2. The number of nitrogens with zero attached hydrogens (tertiary/aromatic N) is 1. The van der Waals surface area contributed by atoms with Crippen LogP contribution in [0.4, 0.5) is 9.93 Å². The van der Waals surface area contributed by atoms with Crippen LogP contribution in [-0.2, 0) is 6.54 Å². The maximum atomic E-state index is 11.7. The number of thiazole rings is 1. The van der Waals surface area contributed by atoms with E-state index in [9.17, 15) is 4.79 Å². The van der Waals surface area contributed by atoms with E-state index in [1.54, 1.807) is 0 Å². The average molecular weight is 273 g/mol. The van der Waals surface area contributed by atoms with E-state index in [2.05, 4.69) is 15.6 Å². The first-order chi connectivity index (χ1) is 9.31. The van der Waals surface area contributed by atoms with Gasteiger partial charge in [-0.25, -0.2) is 9.78 Å². The van der Waals surface area contributed by atoms with Crippen molar-refractivity contribution >= 4 is 22.5 Å². The number of nitrogens with one attached hydrogen (secondary N) is 2. The second kappa shape index (κ2) is 5.40. The maximum absolute atomic E-state index is 11.7. The van der Waals surface area contributed by atoms with E-state index < -0.39 is 0 Å². The molecule has 0 bridgehead atoms. The van der Waals surface area contributed by atoms with Gasteiger partial charge in [0.2, 0.25) is 0 Å². The summed E-state index contributed by atoms with van der Waals surface area (Å²) in [6.45, 7) is 0.521. The van der Waals surface area contributed by atoms with Crippen molar-refractivity contribution in [3.63, 3.8) is 0 Å². The Balaban J connectivity index is 1.50. The fourth-order valence-corrected chi connectivity index (χ4v) is 2.62. The van der Waals surface area contributed by atoms with Crippen LogP contribution in [0.2, 0.25) is 0 Å². The number of amides is 2. The smallest absolute Gasteiger partial charge is 0.321 e. The Labute approximate surface area is 115 Å². The molecule has 1 saturated carbocycles. The van der Waals surface area contributed by atoms with Crippen molar-refractivity contribution < 1.29 is 4.79 Å². The summed E-state index contributed by atoms with van der Waals surface area (Å²) in [5.74, 6) is 0.624. The summed E-state index contributed by atoms with van der Waals surface area (Å²) < 4.78 is 0. The molecule has 0 spiro atoms. The molecule has 1 aromatic heterocycles. The van der Waals surface area contributed by atoms with E-state index in [0.29, 0.717) is 17.6 Å². The molecule has 2 amide bonds. The molecule has 5 heteroatoms. The molecule has 0 radical (unpaired) electrons. The van der Waals surface area contributed by atoms with Gasteiger partial charge in [0, 0.05) is 17.8 Å². The van der Waals surface area contributed by atoms with Gasteiger partial charge in [0.15, 0.2) is 5.13 Å². The van der Waals surface area contributed by atoms with Crippen molar-refractivity contribution in [2.45, 2.75) is 25.3 Å². The van der Waals surface area contributed by atoms with Gasteiger partial charge in [-0.2, -0.15) is 0 Å². The first kappa shape index (κ1) is 12.2. The number of benzene rings is 1. The molecular formula is C14H15N3OS. The highest BCUT2D eigenvalue weighted by Gasteiger charge is 2.26.